The molecule has 1 aliphatic heterocycles. The summed E-state index contributed by atoms with van der Waals surface area (Å²) in [7, 11) is 1.93. The minimum absolute atomic E-state index is 0.0917. The number of rotatable bonds is 6. The third kappa shape index (κ3) is 4.46. The van der Waals surface area contributed by atoms with Gasteiger partial charge in [0.05, 0.1) is 16.6 Å². The predicted octanol–water partition coefficient (Wildman–Crippen LogP) is 4.00. The van der Waals surface area contributed by atoms with Crippen molar-refractivity contribution in [1.29, 1.82) is 0 Å². The summed E-state index contributed by atoms with van der Waals surface area (Å²) in [5, 5.41) is 6.92. The summed E-state index contributed by atoms with van der Waals surface area (Å²) in [5.74, 6) is 1.45. The van der Waals surface area contributed by atoms with Gasteiger partial charge < -0.3 is 9.64 Å². The second kappa shape index (κ2) is 9.00. The maximum atomic E-state index is 12.5. The number of fused-ring (bicyclic) bond motifs is 1. The molecular weight excluding hydrogens is 396 g/mol. The highest BCUT2D eigenvalue weighted by atomic mass is 32.1. The number of hydrogen-bond donors (Lipinski definition) is 1. The van der Waals surface area contributed by atoms with Gasteiger partial charge in [-0.1, -0.05) is 66.8 Å². The number of aromatic amines is 1. The summed E-state index contributed by atoms with van der Waals surface area (Å²) in [5.41, 5.74) is 2.06. The molecule has 0 saturated heterocycles. The number of carbonyl (C=O) groups excluding carboxylic acids is 1. The zero-order valence-electron chi connectivity index (χ0n) is 16.6. The highest BCUT2D eigenvalue weighted by Crippen LogP contribution is 2.32. The molecule has 0 radical (unpaired) electrons. The molecule has 4 rings (SSSR count). The Morgan fingerprint density at radius 3 is 2.83 bits per heavy atom. The number of Topliss-reactive ketones (excluding diaryl/α,β-unsaturated/α-hetero) is 1. The number of anilines is 1. The first-order valence-corrected chi connectivity index (χ1v) is 10.2. The molecule has 3 aromatic rings. The van der Waals surface area contributed by atoms with Crippen molar-refractivity contribution in [1.82, 2.24) is 15.2 Å². The Morgan fingerprint density at radius 1 is 1.23 bits per heavy atom. The lowest BCUT2D eigenvalue weighted by atomic mass is 10.1. The van der Waals surface area contributed by atoms with E-state index in [4.69, 9.17) is 17.0 Å². The number of thiocarbonyl (C=S) groups is 1. The number of benzene rings is 2. The number of nitrogens with zero attached hydrogens (tertiary/aromatic N) is 3. The number of ether oxygens (including phenoxy) is 1. The van der Waals surface area contributed by atoms with E-state index < -0.39 is 0 Å². The molecule has 152 valence electrons. The lowest BCUT2D eigenvalue weighted by molar-refractivity contribution is 0.0986. The summed E-state index contributed by atoms with van der Waals surface area (Å²) in [4.78, 5) is 19.5. The van der Waals surface area contributed by atoms with E-state index in [-0.39, 0.29) is 23.9 Å². The van der Waals surface area contributed by atoms with Gasteiger partial charge in [-0.3, -0.25) is 9.89 Å². The van der Waals surface area contributed by atoms with E-state index in [1.165, 1.54) is 0 Å². The summed E-state index contributed by atoms with van der Waals surface area (Å²) < 4.78 is 5.91. The molecule has 0 unspecified atom stereocenters. The zero-order valence-corrected chi connectivity index (χ0v) is 17.4. The normalized spacial score (nSPS) is 16.2. The first kappa shape index (κ1) is 20.0. The molecule has 0 bridgehead atoms. The van der Waals surface area contributed by atoms with Gasteiger partial charge >= 0.3 is 0 Å². The zero-order chi connectivity index (χ0) is 20.9. The number of aromatic nitrogens is 3. The Kier molecular flexibility index (Phi) is 5.99. The summed E-state index contributed by atoms with van der Waals surface area (Å²) in [6, 6.07) is 17.7. The summed E-state index contributed by atoms with van der Waals surface area (Å²) in [6.45, 7) is 0.437. The van der Waals surface area contributed by atoms with Gasteiger partial charge in [-0.15, -0.1) is 0 Å². The number of nitrogens with one attached hydrogen (secondary N) is 1. The molecule has 7 heteroatoms. The topological polar surface area (TPSA) is 71.1 Å². The van der Waals surface area contributed by atoms with E-state index in [1.807, 2.05) is 78.7 Å². The number of para-hydroxylation sites is 2. The molecule has 2 heterocycles. The van der Waals surface area contributed by atoms with Crippen LogP contribution in [0.25, 0.3) is 0 Å². The maximum Gasteiger partial charge on any atom is 0.217 e. The molecule has 0 aliphatic carbocycles. The average Bonchev–Trinajstić information content (AvgIpc) is 3.20. The quantitative estimate of drug-likeness (QED) is 0.371. The van der Waals surface area contributed by atoms with Gasteiger partial charge in [-0.05, 0) is 17.7 Å². The van der Waals surface area contributed by atoms with Gasteiger partial charge in [-0.2, -0.15) is 5.10 Å². The largest absolute Gasteiger partial charge is 0.490 e. The maximum absolute atomic E-state index is 12.5. The van der Waals surface area contributed by atoms with Gasteiger partial charge in [0.25, 0.3) is 0 Å². The fourth-order valence-corrected chi connectivity index (χ4v) is 3.58. The Labute approximate surface area is 180 Å². The van der Waals surface area contributed by atoms with Crippen LogP contribution in [0.5, 0.6) is 5.75 Å². The van der Waals surface area contributed by atoms with Crippen LogP contribution in [0.1, 0.15) is 28.4 Å². The van der Waals surface area contributed by atoms with E-state index in [2.05, 4.69) is 15.2 Å². The van der Waals surface area contributed by atoms with E-state index in [0.717, 1.165) is 22.0 Å². The number of ketones is 1. The van der Waals surface area contributed by atoms with Crippen LogP contribution in [0.15, 0.2) is 66.7 Å². The first-order valence-electron chi connectivity index (χ1n) is 9.76. The molecule has 0 amide bonds. The second-order valence-electron chi connectivity index (χ2n) is 7.11. The highest BCUT2D eigenvalue weighted by Gasteiger charge is 2.24. The van der Waals surface area contributed by atoms with Crippen LogP contribution >= 0.6 is 12.2 Å². The van der Waals surface area contributed by atoms with Crippen LogP contribution < -0.4 is 9.64 Å². The molecule has 6 nitrogen and oxygen atoms in total. The second-order valence-corrected chi connectivity index (χ2v) is 7.52. The predicted molar refractivity (Wildman–Crippen MR) is 120 cm³/mol. The van der Waals surface area contributed by atoms with Crippen molar-refractivity contribution >= 4 is 28.7 Å². The monoisotopic (exact) mass is 418 g/mol. The van der Waals surface area contributed by atoms with Crippen molar-refractivity contribution in [2.45, 2.75) is 12.8 Å². The fraction of sp³-hybridized carbons (Fsp3) is 0.217. The molecule has 1 atom stereocenters. The van der Waals surface area contributed by atoms with Crippen molar-refractivity contribution in [2.24, 2.45) is 5.92 Å². The number of carbonyl (C=O) groups is 1. The lowest BCUT2D eigenvalue weighted by Crippen LogP contribution is -2.30. The number of H-pyrrole nitrogens is 1. The first-order chi connectivity index (χ1) is 14.6. The Hall–Kier alpha value is -3.32. The van der Waals surface area contributed by atoms with Gasteiger partial charge in [-0.25, -0.2) is 4.98 Å². The molecular formula is C23H22N4O2S. The molecule has 30 heavy (non-hydrogen) atoms. The number of hydrogen-bond acceptors (Lipinski definition) is 5. The Balaban J connectivity index is 1.36. The van der Waals surface area contributed by atoms with Gasteiger partial charge in [0.15, 0.2) is 0 Å². The molecule has 0 saturated carbocycles. The van der Waals surface area contributed by atoms with E-state index in [9.17, 15) is 4.79 Å². The summed E-state index contributed by atoms with van der Waals surface area (Å²) >= 11 is 5.63. The van der Waals surface area contributed by atoms with Crippen LogP contribution in [-0.2, 0) is 6.42 Å². The lowest BCUT2D eigenvalue weighted by Gasteiger charge is -2.21. The van der Waals surface area contributed by atoms with Gasteiger partial charge in [0.1, 0.15) is 18.2 Å². The highest BCUT2D eigenvalue weighted by molar-refractivity contribution is 7.80. The molecule has 1 aromatic heterocycles. The SMILES string of the molecule is CN1C(=S)[C@@H](/C=C/CC(=O)c2n[nH]c(Cc3ccccc3)n2)COc2ccccc21. The fourth-order valence-electron chi connectivity index (χ4n) is 3.33. The van der Waals surface area contributed by atoms with Gasteiger partial charge in [0, 0.05) is 19.9 Å². The van der Waals surface area contributed by atoms with Gasteiger partial charge in [0.2, 0.25) is 11.6 Å². The summed E-state index contributed by atoms with van der Waals surface area (Å²) in [6.07, 6.45) is 4.57. The van der Waals surface area contributed by atoms with Crippen LogP contribution in [0.3, 0.4) is 0 Å². The smallest absolute Gasteiger partial charge is 0.217 e. The Morgan fingerprint density at radius 2 is 2.00 bits per heavy atom. The molecule has 1 N–H and O–H groups in total. The minimum Gasteiger partial charge on any atom is -0.490 e. The van der Waals surface area contributed by atoms with Crippen molar-refractivity contribution < 1.29 is 9.53 Å². The standard InChI is InChI=1S/C23H22N4O2S/c1-27-18-11-5-6-13-20(18)29-15-17(23(27)30)10-7-12-19(28)22-24-21(25-26-22)14-16-8-3-2-4-9-16/h2-11,13,17H,12,14-15H2,1H3,(H,24,25,26)/b10-7+/t17-/m0/s1. The van der Waals surface area contributed by atoms with Crippen molar-refractivity contribution in [3.05, 3.63) is 84.0 Å². The number of allylic oxidation sites excluding steroid dienone is 1. The molecule has 2 aromatic carbocycles. The molecule has 0 spiro atoms. The Bertz CT molecular complexity index is 1080. The molecule has 0 fully saturated rings. The molecule has 1 aliphatic rings. The van der Waals surface area contributed by atoms with E-state index >= 15 is 0 Å². The van der Waals surface area contributed by atoms with Crippen LogP contribution in [-0.4, -0.2) is 39.6 Å². The van der Waals surface area contributed by atoms with Crippen molar-refractivity contribution in [3.8, 4) is 5.75 Å². The van der Waals surface area contributed by atoms with Crippen LogP contribution in [0.2, 0.25) is 0 Å². The van der Waals surface area contributed by atoms with Crippen molar-refractivity contribution in [2.75, 3.05) is 18.6 Å². The van der Waals surface area contributed by atoms with Crippen molar-refractivity contribution in [3.63, 3.8) is 0 Å². The van der Waals surface area contributed by atoms with E-state index in [0.29, 0.717) is 18.9 Å². The third-order valence-corrected chi connectivity index (χ3v) is 5.54. The van der Waals surface area contributed by atoms with Crippen LogP contribution in [0, 0.1) is 5.92 Å². The minimum atomic E-state index is -0.140. The van der Waals surface area contributed by atoms with Crippen LogP contribution in [0.4, 0.5) is 5.69 Å². The average molecular weight is 419 g/mol. The van der Waals surface area contributed by atoms with E-state index in [1.54, 1.807) is 0 Å². The third-order valence-electron chi connectivity index (χ3n) is 4.96.